The molecule has 1 aromatic heterocycles. The Bertz CT molecular complexity index is 545. The molecule has 0 fully saturated rings. The van der Waals surface area contributed by atoms with Gasteiger partial charge in [0.15, 0.2) is 0 Å². The van der Waals surface area contributed by atoms with Crippen molar-refractivity contribution in [2.24, 2.45) is 0 Å². The van der Waals surface area contributed by atoms with E-state index in [0.29, 0.717) is 19.0 Å². The van der Waals surface area contributed by atoms with Crippen LogP contribution in [0.2, 0.25) is 0 Å². The number of carbonyl (C=O) groups excluding carboxylic acids is 1. The third kappa shape index (κ3) is 3.34. The normalized spacial score (nSPS) is 10.3. The lowest BCUT2D eigenvalue weighted by Gasteiger charge is -2.06. The molecule has 0 saturated carbocycles. The van der Waals surface area contributed by atoms with Gasteiger partial charge in [0.2, 0.25) is 0 Å². The molecule has 1 aromatic carbocycles. The molecule has 18 heavy (non-hydrogen) atoms. The number of pyridine rings is 1. The number of fused-ring (bicyclic) bond motifs is 1. The van der Waals surface area contributed by atoms with Gasteiger partial charge in [-0.3, -0.25) is 4.98 Å². The van der Waals surface area contributed by atoms with E-state index in [1.165, 1.54) is 0 Å². The Labute approximate surface area is 110 Å². The fourth-order valence-corrected chi connectivity index (χ4v) is 1.70. The Morgan fingerprint density at radius 1 is 1.17 bits per heavy atom. The van der Waals surface area contributed by atoms with Gasteiger partial charge in [0, 0.05) is 17.8 Å². The number of amides is 2. The Morgan fingerprint density at radius 3 is 2.83 bits per heavy atom. The number of nitrogens with one attached hydrogen (secondary N) is 2. The SMILES string of the molecule is O=C(NCCCl)NCc1ccc2ccccc2n1. The van der Waals surface area contributed by atoms with Crippen LogP contribution in [0.3, 0.4) is 0 Å². The molecule has 0 radical (unpaired) electrons. The first-order valence-electron chi connectivity index (χ1n) is 5.72. The van der Waals surface area contributed by atoms with E-state index in [-0.39, 0.29) is 6.03 Å². The molecule has 1 heterocycles. The van der Waals surface area contributed by atoms with E-state index in [1.54, 1.807) is 0 Å². The summed E-state index contributed by atoms with van der Waals surface area (Å²) in [7, 11) is 0. The Hall–Kier alpha value is -1.81. The van der Waals surface area contributed by atoms with Gasteiger partial charge in [0.05, 0.1) is 17.8 Å². The highest BCUT2D eigenvalue weighted by Crippen LogP contribution is 2.11. The fraction of sp³-hybridized carbons (Fsp3) is 0.231. The van der Waals surface area contributed by atoms with Crippen LogP contribution in [0.1, 0.15) is 5.69 Å². The quantitative estimate of drug-likeness (QED) is 0.832. The second-order valence-corrected chi connectivity index (χ2v) is 4.17. The third-order valence-electron chi connectivity index (χ3n) is 2.47. The number of alkyl halides is 1. The number of carbonyl (C=O) groups is 1. The molecule has 0 unspecified atom stereocenters. The van der Waals surface area contributed by atoms with Gasteiger partial charge in [-0.1, -0.05) is 24.3 Å². The number of urea groups is 1. The number of rotatable bonds is 4. The van der Waals surface area contributed by atoms with Crippen molar-refractivity contribution in [2.45, 2.75) is 6.54 Å². The van der Waals surface area contributed by atoms with Gasteiger partial charge in [-0.2, -0.15) is 0 Å². The maximum Gasteiger partial charge on any atom is 0.315 e. The van der Waals surface area contributed by atoms with E-state index < -0.39 is 0 Å². The van der Waals surface area contributed by atoms with E-state index >= 15 is 0 Å². The summed E-state index contributed by atoms with van der Waals surface area (Å²) in [5, 5.41) is 6.45. The zero-order valence-corrected chi connectivity index (χ0v) is 10.6. The van der Waals surface area contributed by atoms with Gasteiger partial charge in [-0.25, -0.2) is 4.79 Å². The van der Waals surface area contributed by atoms with E-state index in [4.69, 9.17) is 11.6 Å². The fourth-order valence-electron chi connectivity index (χ4n) is 1.60. The number of nitrogens with zero attached hydrogens (tertiary/aromatic N) is 1. The lowest BCUT2D eigenvalue weighted by atomic mass is 10.2. The van der Waals surface area contributed by atoms with Crippen molar-refractivity contribution in [1.29, 1.82) is 0 Å². The van der Waals surface area contributed by atoms with Gasteiger partial charge in [-0.15, -0.1) is 11.6 Å². The van der Waals surface area contributed by atoms with Crippen molar-refractivity contribution in [3.63, 3.8) is 0 Å². The molecule has 2 aromatic rings. The number of aromatic nitrogens is 1. The topological polar surface area (TPSA) is 54.0 Å². The third-order valence-corrected chi connectivity index (χ3v) is 2.66. The minimum atomic E-state index is -0.231. The summed E-state index contributed by atoms with van der Waals surface area (Å²) in [4.78, 5) is 15.8. The van der Waals surface area contributed by atoms with Crippen molar-refractivity contribution in [1.82, 2.24) is 15.6 Å². The average Bonchev–Trinajstić information content (AvgIpc) is 2.42. The molecule has 2 amide bonds. The maximum absolute atomic E-state index is 11.3. The van der Waals surface area contributed by atoms with Crippen LogP contribution in [0.25, 0.3) is 10.9 Å². The summed E-state index contributed by atoms with van der Waals surface area (Å²) >= 11 is 5.47. The molecule has 0 saturated heterocycles. The van der Waals surface area contributed by atoms with Gasteiger partial charge in [-0.05, 0) is 12.1 Å². The smallest absolute Gasteiger partial charge is 0.315 e. The first-order chi connectivity index (χ1) is 8.79. The van der Waals surface area contributed by atoms with Crippen molar-refractivity contribution in [3.8, 4) is 0 Å². The minimum absolute atomic E-state index is 0.231. The second kappa shape index (κ2) is 6.21. The highest BCUT2D eigenvalue weighted by molar-refractivity contribution is 6.18. The summed E-state index contributed by atoms with van der Waals surface area (Å²) in [6.07, 6.45) is 0. The van der Waals surface area contributed by atoms with E-state index in [1.807, 2.05) is 36.4 Å². The molecule has 0 atom stereocenters. The minimum Gasteiger partial charge on any atom is -0.337 e. The van der Waals surface area contributed by atoms with Crippen molar-refractivity contribution >= 4 is 28.5 Å². The predicted molar refractivity (Wildman–Crippen MR) is 72.7 cm³/mol. The summed E-state index contributed by atoms with van der Waals surface area (Å²) in [5.41, 5.74) is 1.76. The first-order valence-corrected chi connectivity index (χ1v) is 6.25. The first kappa shape index (κ1) is 12.6. The molecule has 0 bridgehead atoms. The maximum atomic E-state index is 11.3. The molecule has 0 aliphatic rings. The van der Waals surface area contributed by atoms with Gasteiger partial charge < -0.3 is 10.6 Å². The Morgan fingerprint density at radius 2 is 2.00 bits per heavy atom. The van der Waals surface area contributed by atoms with E-state index in [9.17, 15) is 4.79 Å². The van der Waals surface area contributed by atoms with Gasteiger partial charge in [0.1, 0.15) is 0 Å². The monoisotopic (exact) mass is 263 g/mol. The summed E-state index contributed by atoms with van der Waals surface area (Å²) in [5.74, 6) is 0.404. The summed E-state index contributed by atoms with van der Waals surface area (Å²) in [6, 6.07) is 11.5. The summed E-state index contributed by atoms with van der Waals surface area (Å²) in [6.45, 7) is 0.859. The number of hydrogen-bond donors (Lipinski definition) is 2. The van der Waals surface area contributed by atoms with Crippen molar-refractivity contribution in [2.75, 3.05) is 12.4 Å². The zero-order valence-electron chi connectivity index (χ0n) is 9.82. The second-order valence-electron chi connectivity index (χ2n) is 3.79. The van der Waals surface area contributed by atoms with Crippen LogP contribution >= 0.6 is 11.6 Å². The number of benzene rings is 1. The average molecular weight is 264 g/mol. The lowest BCUT2D eigenvalue weighted by Crippen LogP contribution is -2.36. The molecule has 5 heteroatoms. The van der Waals surface area contributed by atoms with E-state index in [0.717, 1.165) is 16.6 Å². The largest absolute Gasteiger partial charge is 0.337 e. The van der Waals surface area contributed by atoms with Crippen molar-refractivity contribution in [3.05, 3.63) is 42.1 Å². The molecular weight excluding hydrogens is 250 g/mol. The van der Waals surface area contributed by atoms with Crippen LogP contribution in [0, 0.1) is 0 Å². The Kier molecular flexibility index (Phi) is 4.36. The Balaban J connectivity index is 1.97. The van der Waals surface area contributed by atoms with Crippen LogP contribution < -0.4 is 10.6 Å². The summed E-state index contributed by atoms with van der Waals surface area (Å²) < 4.78 is 0. The van der Waals surface area contributed by atoms with Crippen LogP contribution in [-0.2, 0) is 6.54 Å². The highest BCUT2D eigenvalue weighted by Gasteiger charge is 2.01. The number of para-hydroxylation sites is 1. The molecule has 2 N–H and O–H groups in total. The van der Waals surface area contributed by atoms with Gasteiger partial charge in [0.25, 0.3) is 0 Å². The van der Waals surface area contributed by atoms with Crippen LogP contribution in [-0.4, -0.2) is 23.4 Å². The lowest BCUT2D eigenvalue weighted by molar-refractivity contribution is 0.241. The molecule has 4 nitrogen and oxygen atoms in total. The zero-order chi connectivity index (χ0) is 12.8. The van der Waals surface area contributed by atoms with Crippen LogP contribution in [0.4, 0.5) is 4.79 Å². The van der Waals surface area contributed by atoms with Crippen LogP contribution in [0.15, 0.2) is 36.4 Å². The van der Waals surface area contributed by atoms with E-state index in [2.05, 4.69) is 15.6 Å². The molecule has 2 rings (SSSR count). The molecule has 94 valence electrons. The van der Waals surface area contributed by atoms with Crippen LogP contribution in [0.5, 0.6) is 0 Å². The standard InChI is InChI=1S/C13H14ClN3O/c14-7-8-15-13(18)16-9-11-6-5-10-3-1-2-4-12(10)17-11/h1-6H,7-9H2,(H2,15,16,18). The van der Waals surface area contributed by atoms with Gasteiger partial charge >= 0.3 is 6.03 Å². The molecular formula is C13H14ClN3O. The molecule has 0 spiro atoms. The van der Waals surface area contributed by atoms with Crippen molar-refractivity contribution < 1.29 is 4.79 Å². The highest BCUT2D eigenvalue weighted by atomic mass is 35.5. The number of hydrogen-bond acceptors (Lipinski definition) is 2. The predicted octanol–water partition coefficient (Wildman–Crippen LogP) is 2.27. The number of halogens is 1. The molecule has 0 aliphatic heterocycles. The molecule has 0 aliphatic carbocycles.